The predicted molar refractivity (Wildman–Crippen MR) is 54.3 cm³/mol. The van der Waals surface area contributed by atoms with Crippen molar-refractivity contribution in [3.05, 3.63) is 35.4 Å². The number of rotatable bonds is 2. The molecule has 0 bridgehead atoms. The van der Waals surface area contributed by atoms with E-state index in [9.17, 15) is 8.78 Å². The van der Waals surface area contributed by atoms with E-state index in [4.69, 9.17) is 5.73 Å². The average molecular weight is 212 g/mol. The van der Waals surface area contributed by atoms with E-state index in [2.05, 4.69) is 5.32 Å². The van der Waals surface area contributed by atoms with Crippen LogP contribution >= 0.6 is 0 Å². The zero-order valence-corrected chi connectivity index (χ0v) is 8.34. The molecule has 0 amide bonds. The van der Waals surface area contributed by atoms with E-state index in [0.717, 1.165) is 25.6 Å². The molecule has 3 N–H and O–H groups in total. The molecule has 2 rings (SSSR count). The molecule has 4 heteroatoms. The van der Waals surface area contributed by atoms with Crippen molar-refractivity contribution in [2.45, 2.75) is 12.5 Å². The van der Waals surface area contributed by atoms with Crippen molar-refractivity contribution in [3.63, 3.8) is 0 Å². The predicted octanol–water partition coefficient (Wildman–Crippen LogP) is 1.57. The SMILES string of the molecule is NC(c1ccc(F)c(F)c1)C1CCNC1. The fourth-order valence-corrected chi connectivity index (χ4v) is 1.98. The first-order chi connectivity index (χ1) is 7.18. The molecule has 1 aliphatic rings. The van der Waals surface area contributed by atoms with Crippen LogP contribution in [0.5, 0.6) is 0 Å². The van der Waals surface area contributed by atoms with Crippen molar-refractivity contribution in [1.29, 1.82) is 0 Å². The summed E-state index contributed by atoms with van der Waals surface area (Å²) in [7, 11) is 0. The summed E-state index contributed by atoms with van der Waals surface area (Å²) in [5.41, 5.74) is 6.66. The van der Waals surface area contributed by atoms with Crippen molar-refractivity contribution in [3.8, 4) is 0 Å². The number of hydrogen-bond donors (Lipinski definition) is 2. The van der Waals surface area contributed by atoms with Crippen molar-refractivity contribution in [1.82, 2.24) is 5.32 Å². The molecular weight excluding hydrogens is 198 g/mol. The number of benzene rings is 1. The summed E-state index contributed by atoms with van der Waals surface area (Å²) in [6.45, 7) is 1.79. The van der Waals surface area contributed by atoms with Gasteiger partial charge in [0.2, 0.25) is 0 Å². The van der Waals surface area contributed by atoms with E-state index in [1.54, 1.807) is 6.07 Å². The second-order valence-electron chi connectivity index (χ2n) is 3.95. The van der Waals surface area contributed by atoms with Gasteiger partial charge in [0.25, 0.3) is 0 Å². The van der Waals surface area contributed by atoms with Gasteiger partial charge in [0.15, 0.2) is 11.6 Å². The van der Waals surface area contributed by atoms with Crippen LogP contribution in [0.4, 0.5) is 8.78 Å². The van der Waals surface area contributed by atoms with Crippen LogP contribution in [0, 0.1) is 17.6 Å². The molecule has 0 spiro atoms. The summed E-state index contributed by atoms with van der Waals surface area (Å²) in [5.74, 6) is -1.33. The van der Waals surface area contributed by atoms with Gasteiger partial charge >= 0.3 is 0 Å². The third kappa shape index (κ3) is 2.16. The van der Waals surface area contributed by atoms with Gasteiger partial charge in [-0.2, -0.15) is 0 Å². The van der Waals surface area contributed by atoms with E-state index >= 15 is 0 Å². The Labute approximate surface area is 87.5 Å². The van der Waals surface area contributed by atoms with Crippen molar-refractivity contribution in [2.75, 3.05) is 13.1 Å². The number of nitrogens with one attached hydrogen (secondary N) is 1. The first-order valence-corrected chi connectivity index (χ1v) is 5.09. The molecule has 1 aromatic rings. The molecule has 1 saturated heterocycles. The molecule has 0 radical (unpaired) electrons. The van der Waals surface area contributed by atoms with Crippen molar-refractivity contribution in [2.24, 2.45) is 11.7 Å². The van der Waals surface area contributed by atoms with Crippen LogP contribution in [0.25, 0.3) is 0 Å². The molecule has 2 unspecified atom stereocenters. The van der Waals surface area contributed by atoms with Crippen LogP contribution in [0.3, 0.4) is 0 Å². The summed E-state index contributed by atoms with van der Waals surface area (Å²) < 4.78 is 25.7. The number of nitrogens with two attached hydrogens (primary N) is 1. The summed E-state index contributed by atoms with van der Waals surface area (Å²) >= 11 is 0. The highest BCUT2D eigenvalue weighted by Gasteiger charge is 2.23. The number of halogens is 2. The molecule has 1 aromatic carbocycles. The highest BCUT2D eigenvalue weighted by Crippen LogP contribution is 2.25. The normalized spacial score (nSPS) is 23.0. The lowest BCUT2D eigenvalue weighted by Gasteiger charge is -2.18. The van der Waals surface area contributed by atoms with Crippen LogP contribution < -0.4 is 11.1 Å². The van der Waals surface area contributed by atoms with E-state index in [0.29, 0.717) is 11.5 Å². The molecule has 15 heavy (non-hydrogen) atoms. The maximum atomic E-state index is 13.0. The number of hydrogen-bond acceptors (Lipinski definition) is 2. The molecule has 0 saturated carbocycles. The summed E-state index contributed by atoms with van der Waals surface area (Å²) in [6.07, 6.45) is 0.986. The monoisotopic (exact) mass is 212 g/mol. The Morgan fingerprint density at radius 2 is 2.13 bits per heavy atom. The zero-order chi connectivity index (χ0) is 10.8. The zero-order valence-electron chi connectivity index (χ0n) is 8.34. The fourth-order valence-electron chi connectivity index (χ4n) is 1.98. The maximum Gasteiger partial charge on any atom is 0.159 e. The van der Waals surface area contributed by atoms with Gasteiger partial charge in [-0.3, -0.25) is 0 Å². The Morgan fingerprint density at radius 1 is 1.33 bits per heavy atom. The highest BCUT2D eigenvalue weighted by atomic mass is 19.2. The van der Waals surface area contributed by atoms with Crippen LogP contribution in [0.15, 0.2) is 18.2 Å². The van der Waals surface area contributed by atoms with Crippen LogP contribution in [0.2, 0.25) is 0 Å². The quantitative estimate of drug-likeness (QED) is 0.781. The van der Waals surface area contributed by atoms with Crippen molar-refractivity contribution >= 4 is 0 Å². The largest absolute Gasteiger partial charge is 0.324 e. The first kappa shape index (κ1) is 10.5. The first-order valence-electron chi connectivity index (χ1n) is 5.09. The molecule has 0 aromatic heterocycles. The standard InChI is InChI=1S/C11H14F2N2/c12-9-2-1-7(5-10(9)13)11(14)8-3-4-15-6-8/h1-2,5,8,11,15H,3-4,6,14H2. The minimum atomic E-state index is -0.825. The summed E-state index contributed by atoms with van der Waals surface area (Å²) in [4.78, 5) is 0. The molecule has 2 atom stereocenters. The molecule has 1 heterocycles. The van der Waals surface area contributed by atoms with Gasteiger partial charge in [-0.05, 0) is 43.1 Å². The molecule has 82 valence electrons. The van der Waals surface area contributed by atoms with Gasteiger partial charge in [-0.15, -0.1) is 0 Å². The summed E-state index contributed by atoms with van der Waals surface area (Å²) in [5, 5.41) is 3.20. The van der Waals surface area contributed by atoms with Gasteiger partial charge in [-0.1, -0.05) is 6.07 Å². The minimum absolute atomic E-state index is 0.213. The molecule has 2 nitrogen and oxygen atoms in total. The Hall–Kier alpha value is -1.00. The van der Waals surface area contributed by atoms with Crippen LogP contribution in [-0.4, -0.2) is 13.1 Å². The lowest BCUT2D eigenvalue weighted by Crippen LogP contribution is -2.23. The Kier molecular flexibility index (Phi) is 2.98. The highest BCUT2D eigenvalue weighted by molar-refractivity contribution is 5.22. The third-order valence-corrected chi connectivity index (χ3v) is 2.93. The van der Waals surface area contributed by atoms with Gasteiger partial charge in [0.05, 0.1) is 0 Å². The topological polar surface area (TPSA) is 38.0 Å². The molecule has 1 fully saturated rings. The van der Waals surface area contributed by atoms with Gasteiger partial charge < -0.3 is 11.1 Å². The smallest absolute Gasteiger partial charge is 0.159 e. The van der Waals surface area contributed by atoms with Gasteiger partial charge in [-0.25, -0.2) is 8.78 Å². The molecule has 0 aliphatic carbocycles. The Bertz CT molecular complexity index is 348. The Morgan fingerprint density at radius 3 is 2.73 bits per heavy atom. The average Bonchev–Trinajstić information content (AvgIpc) is 2.74. The van der Waals surface area contributed by atoms with E-state index < -0.39 is 11.6 Å². The van der Waals surface area contributed by atoms with Gasteiger partial charge in [0, 0.05) is 6.04 Å². The molecule has 1 aliphatic heterocycles. The molecular formula is C11H14F2N2. The summed E-state index contributed by atoms with van der Waals surface area (Å²) in [6, 6.07) is 3.67. The lowest BCUT2D eigenvalue weighted by molar-refractivity contribution is 0.461. The fraction of sp³-hybridized carbons (Fsp3) is 0.455. The lowest BCUT2D eigenvalue weighted by atomic mass is 9.93. The second kappa shape index (κ2) is 4.24. The van der Waals surface area contributed by atoms with Gasteiger partial charge in [0.1, 0.15) is 0 Å². The second-order valence-corrected chi connectivity index (χ2v) is 3.95. The minimum Gasteiger partial charge on any atom is -0.324 e. The van der Waals surface area contributed by atoms with Crippen molar-refractivity contribution < 1.29 is 8.78 Å². The van der Waals surface area contributed by atoms with E-state index in [-0.39, 0.29) is 6.04 Å². The van der Waals surface area contributed by atoms with Crippen LogP contribution in [0.1, 0.15) is 18.0 Å². The maximum absolute atomic E-state index is 13.0. The van der Waals surface area contributed by atoms with Crippen LogP contribution in [-0.2, 0) is 0 Å². The third-order valence-electron chi connectivity index (χ3n) is 2.93. The Balaban J connectivity index is 2.17. The van der Waals surface area contributed by atoms with E-state index in [1.165, 1.54) is 6.07 Å². The van der Waals surface area contributed by atoms with E-state index in [1.807, 2.05) is 0 Å².